The summed E-state index contributed by atoms with van der Waals surface area (Å²) in [6.45, 7) is 1.61. The molecule has 5 N–H and O–H groups in total. The summed E-state index contributed by atoms with van der Waals surface area (Å²) in [6.07, 6.45) is 0.375. The van der Waals surface area contributed by atoms with E-state index in [0.29, 0.717) is 35.2 Å². The van der Waals surface area contributed by atoms with Gasteiger partial charge in [0.15, 0.2) is 11.7 Å². The largest absolute Gasteiger partial charge is 0.447 e. The van der Waals surface area contributed by atoms with E-state index < -0.39 is 23.5 Å². The van der Waals surface area contributed by atoms with E-state index in [1.807, 2.05) is 5.10 Å². The number of oxazole rings is 1. The molecule has 180 valence electrons. The lowest BCUT2D eigenvalue weighted by atomic mass is 9.84. The molecule has 4 aromatic rings. The van der Waals surface area contributed by atoms with Gasteiger partial charge in [-0.25, -0.2) is 4.98 Å². The lowest BCUT2D eigenvalue weighted by molar-refractivity contribution is -0.140. The molecule has 3 aromatic heterocycles. The van der Waals surface area contributed by atoms with Gasteiger partial charge in [0.2, 0.25) is 0 Å². The Hall–Kier alpha value is -4.22. The van der Waals surface area contributed by atoms with Gasteiger partial charge in [0.1, 0.15) is 17.7 Å². The predicted octanol–water partition coefficient (Wildman–Crippen LogP) is 4.41. The van der Waals surface area contributed by atoms with Crippen molar-refractivity contribution >= 4 is 34.0 Å². The van der Waals surface area contributed by atoms with Gasteiger partial charge in [0.05, 0.1) is 23.0 Å². The van der Waals surface area contributed by atoms with Crippen LogP contribution in [-0.2, 0) is 23.8 Å². The molecule has 3 heterocycles. The highest BCUT2D eigenvalue weighted by Crippen LogP contribution is 2.41. The van der Waals surface area contributed by atoms with Crippen LogP contribution in [0.15, 0.2) is 29.0 Å². The molecular formula is C23H20F3N7O2. The standard InChI is InChI=1S/C23H20F3N7O2/c1-10-30-16(9-35-10)32-22(34)19(28)18-14(27)6-7-15-17(18)11-4-2-3-5-12(11)20(31-15)13-8-29-33-21(13)23(24,25)26/h6-9,28H,2-5,27H2,1H3,(H,29,33)(H,32,34). The van der Waals surface area contributed by atoms with E-state index in [4.69, 9.17) is 15.6 Å². The van der Waals surface area contributed by atoms with Crippen LogP contribution >= 0.6 is 0 Å². The van der Waals surface area contributed by atoms with Crippen LogP contribution < -0.4 is 11.1 Å². The lowest BCUT2D eigenvalue weighted by Crippen LogP contribution is -2.25. The fourth-order valence-corrected chi connectivity index (χ4v) is 4.52. The summed E-state index contributed by atoms with van der Waals surface area (Å²) in [7, 11) is 0. The van der Waals surface area contributed by atoms with Gasteiger partial charge < -0.3 is 15.5 Å². The van der Waals surface area contributed by atoms with E-state index in [1.54, 1.807) is 13.0 Å². The quantitative estimate of drug-likeness (QED) is 0.250. The highest BCUT2D eigenvalue weighted by molar-refractivity contribution is 6.50. The number of pyridine rings is 1. The van der Waals surface area contributed by atoms with Crippen molar-refractivity contribution < 1.29 is 22.4 Å². The molecule has 12 heteroatoms. The number of benzene rings is 1. The summed E-state index contributed by atoms with van der Waals surface area (Å²) >= 11 is 0. The summed E-state index contributed by atoms with van der Waals surface area (Å²) in [5.74, 6) is -0.252. The molecule has 0 fully saturated rings. The SMILES string of the molecule is Cc1nc(NC(=O)C(=N)c2c(N)ccc3nc(-c4cn[nH]c4C(F)(F)F)c4c(c23)CCCC4)co1. The van der Waals surface area contributed by atoms with E-state index in [-0.39, 0.29) is 28.3 Å². The van der Waals surface area contributed by atoms with E-state index in [2.05, 4.69) is 20.4 Å². The second-order valence-electron chi connectivity index (χ2n) is 8.29. The molecule has 1 aliphatic carbocycles. The number of carbonyl (C=O) groups excluding carboxylic acids is 1. The molecule has 0 spiro atoms. The van der Waals surface area contributed by atoms with Gasteiger partial charge in [-0.05, 0) is 48.9 Å². The normalized spacial score (nSPS) is 13.6. The first-order chi connectivity index (χ1) is 16.6. The Bertz CT molecular complexity index is 1490. The Morgan fingerprint density at radius 3 is 2.63 bits per heavy atom. The number of hydrogen-bond donors (Lipinski definition) is 4. The number of rotatable bonds is 4. The number of carbonyl (C=O) groups is 1. The van der Waals surface area contributed by atoms with Crippen molar-refractivity contribution in [3.63, 3.8) is 0 Å². The molecule has 35 heavy (non-hydrogen) atoms. The zero-order valence-electron chi connectivity index (χ0n) is 18.5. The number of fused-ring (bicyclic) bond motifs is 3. The van der Waals surface area contributed by atoms with Gasteiger partial charge in [-0.2, -0.15) is 23.3 Å². The number of aromatic amines is 1. The molecule has 1 amide bonds. The Morgan fingerprint density at radius 2 is 1.94 bits per heavy atom. The highest BCUT2D eigenvalue weighted by atomic mass is 19.4. The Morgan fingerprint density at radius 1 is 1.20 bits per heavy atom. The summed E-state index contributed by atoms with van der Waals surface area (Å²) < 4.78 is 45.9. The maximum absolute atomic E-state index is 13.6. The zero-order valence-corrected chi connectivity index (χ0v) is 18.5. The number of amides is 1. The second kappa shape index (κ2) is 8.22. The number of alkyl halides is 3. The number of hydrogen-bond acceptors (Lipinski definition) is 7. The van der Waals surface area contributed by atoms with Crippen molar-refractivity contribution in [1.29, 1.82) is 5.41 Å². The van der Waals surface area contributed by atoms with Crippen LogP contribution in [0.2, 0.25) is 0 Å². The molecule has 0 unspecified atom stereocenters. The van der Waals surface area contributed by atoms with Crippen LogP contribution in [0.3, 0.4) is 0 Å². The van der Waals surface area contributed by atoms with Crippen LogP contribution in [0.25, 0.3) is 22.2 Å². The topological polar surface area (TPSA) is 147 Å². The van der Waals surface area contributed by atoms with Crippen LogP contribution in [0.1, 0.15) is 41.1 Å². The number of halogens is 3. The van der Waals surface area contributed by atoms with Gasteiger partial charge in [0, 0.05) is 23.6 Å². The van der Waals surface area contributed by atoms with Crippen molar-refractivity contribution in [1.82, 2.24) is 20.2 Å². The van der Waals surface area contributed by atoms with Crippen molar-refractivity contribution in [3.8, 4) is 11.3 Å². The minimum absolute atomic E-state index is 0.134. The van der Waals surface area contributed by atoms with Crippen LogP contribution in [0.4, 0.5) is 24.7 Å². The molecule has 0 bridgehead atoms. The Labute approximate surface area is 196 Å². The number of anilines is 2. The summed E-state index contributed by atoms with van der Waals surface area (Å²) in [5, 5.41) is 17.3. The summed E-state index contributed by atoms with van der Waals surface area (Å²) in [5.41, 5.74) is 7.00. The number of nitrogen functional groups attached to an aromatic ring is 1. The molecule has 1 aromatic carbocycles. The summed E-state index contributed by atoms with van der Waals surface area (Å²) in [4.78, 5) is 21.4. The fraction of sp³-hybridized carbons (Fsp3) is 0.261. The predicted molar refractivity (Wildman–Crippen MR) is 122 cm³/mol. The lowest BCUT2D eigenvalue weighted by Gasteiger charge is -2.23. The first-order valence-electron chi connectivity index (χ1n) is 10.8. The molecule has 0 saturated carbocycles. The molecule has 0 saturated heterocycles. The monoisotopic (exact) mass is 483 g/mol. The van der Waals surface area contributed by atoms with E-state index >= 15 is 0 Å². The number of H-pyrrole nitrogens is 1. The maximum atomic E-state index is 13.6. The van der Waals surface area contributed by atoms with Crippen LogP contribution in [0.5, 0.6) is 0 Å². The molecule has 0 radical (unpaired) electrons. The Kier molecular flexibility index (Phi) is 5.30. The number of nitrogens with two attached hydrogens (primary N) is 1. The van der Waals surface area contributed by atoms with Crippen molar-refractivity contribution in [2.45, 2.75) is 38.8 Å². The van der Waals surface area contributed by atoms with Crippen LogP contribution in [-0.4, -0.2) is 31.8 Å². The molecular weight excluding hydrogens is 463 g/mol. The number of nitrogens with one attached hydrogen (secondary N) is 3. The highest BCUT2D eigenvalue weighted by Gasteiger charge is 2.37. The van der Waals surface area contributed by atoms with Crippen LogP contribution in [0, 0.1) is 12.3 Å². The van der Waals surface area contributed by atoms with E-state index in [9.17, 15) is 18.0 Å². The van der Waals surface area contributed by atoms with Gasteiger partial charge >= 0.3 is 6.18 Å². The first-order valence-corrected chi connectivity index (χ1v) is 10.8. The first kappa shape index (κ1) is 22.6. The third-order valence-corrected chi connectivity index (χ3v) is 6.02. The van der Waals surface area contributed by atoms with Gasteiger partial charge in [-0.3, -0.25) is 15.3 Å². The Balaban J connectivity index is 1.69. The number of aryl methyl sites for hydroxylation is 2. The average molecular weight is 483 g/mol. The third-order valence-electron chi connectivity index (χ3n) is 6.02. The second-order valence-corrected chi connectivity index (χ2v) is 8.29. The number of aromatic nitrogens is 4. The minimum atomic E-state index is -4.63. The molecule has 0 atom stereocenters. The van der Waals surface area contributed by atoms with Gasteiger partial charge in [0.25, 0.3) is 5.91 Å². The fourth-order valence-electron chi connectivity index (χ4n) is 4.52. The molecule has 0 aliphatic heterocycles. The number of nitrogens with zero attached hydrogens (tertiary/aromatic N) is 3. The van der Waals surface area contributed by atoms with Gasteiger partial charge in [-0.1, -0.05) is 0 Å². The smallest absolute Gasteiger partial charge is 0.433 e. The zero-order chi connectivity index (χ0) is 24.9. The minimum Gasteiger partial charge on any atom is -0.447 e. The van der Waals surface area contributed by atoms with E-state index in [0.717, 1.165) is 24.6 Å². The van der Waals surface area contributed by atoms with Crippen molar-refractivity contribution in [3.05, 3.63) is 52.9 Å². The molecule has 5 rings (SSSR count). The van der Waals surface area contributed by atoms with Gasteiger partial charge in [-0.15, -0.1) is 0 Å². The summed E-state index contributed by atoms with van der Waals surface area (Å²) in [6, 6.07) is 3.08. The average Bonchev–Trinajstić information content (AvgIpc) is 3.47. The molecule has 1 aliphatic rings. The molecule has 9 nitrogen and oxygen atoms in total. The third kappa shape index (κ3) is 3.90. The van der Waals surface area contributed by atoms with Crippen molar-refractivity contribution in [2.75, 3.05) is 11.1 Å². The van der Waals surface area contributed by atoms with E-state index in [1.165, 1.54) is 12.3 Å². The van der Waals surface area contributed by atoms with Crippen molar-refractivity contribution in [2.24, 2.45) is 0 Å². The maximum Gasteiger partial charge on any atom is 0.433 e.